The van der Waals surface area contributed by atoms with Gasteiger partial charge in [0, 0.05) is 11.3 Å². The number of nitrogens with one attached hydrogen (secondary N) is 3. The molecule has 0 saturated carbocycles. The van der Waals surface area contributed by atoms with E-state index in [1.54, 1.807) is 55.6 Å². The van der Waals surface area contributed by atoms with Crippen molar-refractivity contribution in [1.82, 2.24) is 10.7 Å². The van der Waals surface area contributed by atoms with E-state index in [2.05, 4.69) is 21.2 Å². The number of rotatable bonds is 7. The van der Waals surface area contributed by atoms with Gasteiger partial charge in [0.1, 0.15) is 17.3 Å². The molecular formula is C23H22N4O5. The molecule has 3 amide bonds. The molecule has 2 aromatic carbocycles. The summed E-state index contributed by atoms with van der Waals surface area (Å²) < 4.78 is 10.5. The molecule has 0 fully saturated rings. The van der Waals surface area contributed by atoms with Gasteiger partial charge in [-0.2, -0.15) is 5.10 Å². The fourth-order valence-electron chi connectivity index (χ4n) is 2.59. The number of aryl methyl sites for hydroxylation is 1. The van der Waals surface area contributed by atoms with E-state index in [0.29, 0.717) is 28.5 Å². The molecule has 3 aromatic rings. The maximum absolute atomic E-state index is 12.0. The van der Waals surface area contributed by atoms with E-state index in [4.69, 9.17) is 9.15 Å². The Bertz CT molecular complexity index is 1120. The van der Waals surface area contributed by atoms with Gasteiger partial charge in [-0.15, -0.1) is 0 Å². The Hall–Kier alpha value is -4.40. The minimum Gasteiger partial charge on any atom is -0.497 e. The van der Waals surface area contributed by atoms with E-state index < -0.39 is 11.8 Å². The number of hydrogen-bond acceptors (Lipinski definition) is 6. The number of amides is 3. The fourth-order valence-corrected chi connectivity index (χ4v) is 2.59. The summed E-state index contributed by atoms with van der Waals surface area (Å²) in [5, 5.41) is 8.85. The first-order valence-electron chi connectivity index (χ1n) is 9.66. The number of hydrogen-bond donors (Lipinski definition) is 3. The lowest BCUT2D eigenvalue weighted by Gasteiger charge is -2.05. The van der Waals surface area contributed by atoms with Gasteiger partial charge in [0.15, 0.2) is 0 Å². The molecule has 0 aliphatic rings. The molecule has 32 heavy (non-hydrogen) atoms. The van der Waals surface area contributed by atoms with Crippen LogP contribution in [-0.2, 0) is 16.1 Å². The highest BCUT2D eigenvalue weighted by molar-refractivity contribution is 6.39. The summed E-state index contributed by atoms with van der Waals surface area (Å²) in [7, 11) is 1.54. The Balaban J connectivity index is 1.45. The number of methoxy groups -OCH3 is 1. The van der Waals surface area contributed by atoms with Gasteiger partial charge in [-0.05, 0) is 55.5 Å². The van der Waals surface area contributed by atoms with E-state index >= 15 is 0 Å². The Morgan fingerprint density at radius 3 is 2.38 bits per heavy atom. The monoisotopic (exact) mass is 434 g/mol. The number of ether oxygens (including phenoxy) is 1. The van der Waals surface area contributed by atoms with Crippen LogP contribution in [0.3, 0.4) is 0 Å². The molecule has 0 aliphatic heterocycles. The third kappa shape index (κ3) is 6.30. The minimum absolute atomic E-state index is 0.0200. The van der Waals surface area contributed by atoms with E-state index in [1.165, 1.54) is 6.21 Å². The van der Waals surface area contributed by atoms with Crippen molar-refractivity contribution in [2.45, 2.75) is 13.5 Å². The highest BCUT2D eigenvalue weighted by Gasteiger charge is 2.14. The maximum atomic E-state index is 12.0. The van der Waals surface area contributed by atoms with Gasteiger partial charge in [-0.3, -0.25) is 14.4 Å². The molecule has 0 atom stereocenters. The first-order valence-corrected chi connectivity index (χ1v) is 9.66. The second kappa shape index (κ2) is 10.6. The number of anilines is 1. The maximum Gasteiger partial charge on any atom is 0.313 e. The van der Waals surface area contributed by atoms with Crippen LogP contribution in [0.2, 0.25) is 0 Å². The molecule has 1 heterocycles. The normalized spacial score (nSPS) is 10.6. The predicted molar refractivity (Wildman–Crippen MR) is 118 cm³/mol. The number of hydrazone groups is 1. The highest BCUT2D eigenvalue weighted by Crippen LogP contribution is 2.11. The van der Waals surface area contributed by atoms with E-state index in [0.717, 1.165) is 5.56 Å². The van der Waals surface area contributed by atoms with Gasteiger partial charge < -0.3 is 19.8 Å². The van der Waals surface area contributed by atoms with Gasteiger partial charge in [-0.25, -0.2) is 5.43 Å². The van der Waals surface area contributed by atoms with Gasteiger partial charge in [0.2, 0.25) is 0 Å². The van der Waals surface area contributed by atoms with Crippen molar-refractivity contribution in [2.75, 3.05) is 12.4 Å². The second-order valence-electron chi connectivity index (χ2n) is 6.73. The third-order valence-electron chi connectivity index (χ3n) is 4.33. The molecule has 3 rings (SSSR count). The van der Waals surface area contributed by atoms with Gasteiger partial charge in [-0.1, -0.05) is 17.7 Å². The van der Waals surface area contributed by atoms with Crippen LogP contribution < -0.4 is 20.8 Å². The first kappa shape index (κ1) is 22.3. The molecule has 0 radical (unpaired) electrons. The van der Waals surface area contributed by atoms with Crippen molar-refractivity contribution in [3.63, 3.8) is 0 Å². The molecule has 164 valence electrons. The Kier molecular flexibility index (Phi) is 7.37. The standard InChI is InChI=1S/C23H22N4O5/c1-15-3-7-17(8-4-15)26-23(30)22(29)24-13-19-11-12-20(32-19)14-25-27-21(28)16-5-9-18(31-2)10-6-16/h3-12,14H,13H2,1-2H3,(H,24,29)(H,26,30)(H,27,28)/b25-14-. The molecule has 3 N–H and O–H groups in total. The lowest BCUT2D eigenvalue weighted by Crippen LogP contribution is -2.34. The Morgan fingerprint density at radius 1 is 0.969 bits per heavy atom. The predicted octanol–water partition coefficient (Wildman–Crippen LogP) is 2.62. The number of benzene rings is 2. The van der Waals surface area contributed by atoms with Gasteiger partial charge in [0.25, 0.3) is 5.91 Å². The van der Waals surface area contributed by atoms with Crippen LogP contribution >= 0.6 is 0 Å². The molecule has 0 bridgehead atoms. The Labute approximate surface area is 184 Å². The topological polar surface area (TPSA) is 122 Å². The van der Waals surface area contributed by atoms with Crippen LogP contribution in [0, 0.1) is 6.92 Å². The molecular weight excluding hydrogens is 412 g/mol. The zero-order valence-corrected chi connectivity index (χ0v) is 17.5. The fraction of sp³-hybridized carbons (Fsp3) is 0.130. The first-order chi connectivity index (χ1) is 15.4. The average molecular weight is 434 g/mol. The molecule has 9 nitrogen and oxygen atoms in total. The average Bonchev–Trinajstić information content (AvgIpc) is 3.26. The van der Waals surface area contributed by atoms with E-state index in [9.17, 15) is 14.4 Å². The summed E-state index contributed by atoms with van der Waals surface area (Å²) in [5.74, 6) is -0.513. The van der Waals surface area contributed by atoms with Gasteiger partial charge >= 0.3 is 11.8 Å². The summed E-state index contributed by atoms with van der Waals surface area (Å²) in [5.41, 5.74) is 4.40. The molecule has 9 heteroatoms. The van der Waals surface area contributed by atoms with Gasteiger partial charge in [0.05, 0.1) is 19.9 Å². The van der Waals surface area contributed by atoms with Crippen LogP contribution in [0.1, 0.15) is 27.4 Å². The minimum atomic E-state index is -0.788. The summed E-state index contributed by atoms with van der Waals surface area (Å²) in [6, 6.07) is 16.9. The van der Waals surface area contributed by atoms with Crippen molar-refractivity contribution in [1.29, 1.82) is 0 Å². The summed E-state index contributed by atoms with van der Waals surface area (Å²) in [6.45, 7) is 1.95. The zero-order chi connectivity index (χ0) is 22.9. The summed E-state index contributed by atoms with van der Waals surface area (Å²) >= 11 is 0. The number of carbonyl (C=O) groups is 3. The molecule has 0 spiro atoms. The molecule has 1 aromatic heterocycles. The van der Waals surface area contributed by atoms with Crippen molar-refractivity contribution >= 4 is 29.6 Å². The summed E-state index contributed by atoms with van der Waals surface area (Å²) in [4.78, 5) is 36.0. The zero-order valence-electron chi connectivity index (χ0n) is 17.5. The van der Waals surface area contributed by atoms with Crippen molar-refractivity contribution in [3.8, 4) is 5.75 Å². The Morgan fingerprint density at radius 2 is 1.69 bits per heavy atom. The lowest BCUT2D eigenvalue weighted by atomic mass is 10.2. The largest absolute Gasteiger partial charge is 0.497 e. The van der Waals surface area contributed by atoms with Crippen LogP contribution in [-0.4, -0.2) is 31.0 Å². The number of carbonyl (C=O) groups excluding carboxylic acids is 3. The van der Waals surface area contributed by atoms with Crippen molar-refractivity contribution < 1.29 is 23.5 Å². The van der Waals surface area contributed by atoms with Crippen LogP contribution in [0.25, 0.3) is 0 Å². The second-order valence-corrected chi connectivity index (χ2v) is 6.73. The summed E-state index contributed by atoms with van der Waals surface area (Å²) in [6.07, 6.45) is 1.33. The lowest BCUT2D eigenvalue weighted by molar-refractivity contribution is -0.136. The third-order valence-corrected chi connectivity index (χ3v) is 4.33. The van der Waals surface area contributed by atoms with Crippen LogP contribution in [0.15, 0.2) is 70.2 Å². The molecule has 0 aliphatic carbocycles. The van der Waals surface area contributed by atoms with Crippen LogP contribution in [0.5, 0.6) is 5.75 Å². The quantitative estimate of drug-likeness (QED) is 0.300. The van der Waals surface area contributed by atoms with E-state index in [-0.39, 0.29) is 12.5 Å². The highest BCUT2D eigenvalue weighted by atomic mass is 16.5. The van der Waals surface area contributed by atoms with E-state index in [1.807, 2.05) is 19.1 Å². The van der Waals surface area contributed by atoms with Crippen molar-refractivity contribution in [3.05, 3.63) is 83.3 Å². The molecule has 0 saturated heterocycles. The SMILES string of the molecule is COc1ccc(C(=O)N/N=C\c2ccc(CNC(=O)C(=O)Nc3ccc(C)cc3)o2)cc1. The van der Waals surface area contributed by atoms with Crippen LogP contribution in [0.4, 0.5) is 5.69 Å². The molecule has 0 unspecified atom stereocenters. The van der Waals surface area contributed by atoms with Crippen molar-refractivity contribution in [2.24, 2.45) is 5.10 Å². The number of nitrogens with zero attached hydrogens (tertiary/aromatic N) is 1. The number of furan rings is 1. The smallest absolute Gasteiger partial charge is 0.313 e.